The molecule has 1 unspecified atom stereocenters. The fourth-order valence-corrected chi connectivity index (χ4v) is 2.57. The number of aliphatic hydroxyl groups excluding tert-OH is 1. The second kappa shape index (κ2) is 4.31. The summed E-state index contributed by atoms with van der Waals surface area (Å²) in [4.78, 5) is 11.3. The van der Waals surface area contributed by atoms with Crippen LogP contribution in [0.3, 0.4) is 0 Å². The number of hydrogen-bond acceptors (Lipinski definition) is 4. The molecule has 1 aromatic carbocycles. The number of carbonyl (C=O) groups excluding carboxylic acids is 1. The van der Waals surface area contributed by atoms with Crippen molar-refractivity contribution in [3.05, 3.63) is 29.3 Å². The Bertz CT molecular complexity index is 634. The van der Waals surface area contributed by atoms with Crippen LogP contribution < -0.4 is 5.32 Å². The zero-order valence-electron chi connectivity index (χ0n) is 11.1. The minimum Gasteiger partial charge on any atom is -0.387 e. The summed E-state index contributed by atoms with van der Waals surface area (Å²) >= 11 is 0. The number of aliphatic hydroxyl groups is 1. The quantitative estimate of drug-likeness (QED) is 0.868. The average molecular weight is 283 g/mol. The van der Waals surface area contributed by atoms with Gasteiger partial charge in [-0.3, -0.25) is 4.79 Å². The van der Waals surface area contributed by atoms with Crippen LogP contribution in [0.1, 0.15) is 31.1 Å². The fraction of sp³-hybridized carbons (Fsp3) is 0.462. The van der Waals surface area contributed by atoms with Gasteiger partial charge in [-0.05, 0) is 31.0 Å². The van der Waals surface area contributed by atoms with Crippen molar-refractivity contribution in [3.63, 3.8) is 0 Å². The summed E-state index contributed by atoms with van der Waals surface area (Å²) in [5, 5.41) is 13.0. The highest BCUT2D eigenvalue weighted by Crippen LogP contribution is 2.34. The number of sulfone groups is 1. The predicted molar refractivity (Wildman–Crippen MR) is 72.7 cm³/mol. The zero-order valence-corrected chi connectivity index (χ0v) is 11.9. The molecule has 0 saturated heterocycles. The summed E-state index contributed by atoms with van der Waals surface area (Å²) in [6, 6.07) is 5.02. The van der Waals surface area contributed by atoms with E-state index in [-0.39, 0.29) is 12.3 Å². The summed E-state index contributed by atoms with van der Waals surface area (Å²) in [7, 11) is -3.41. The van der Waals surface area contributed by atoms with Crippen LogP contribution in [0.25, 0.3) is 0 Å². The molecular weight excluding hydrogens is 266 g/mol. The number of anilines is 1. The van der Waals surface area contributed by atoms with Crippen LogP contribution in [-0.2, 0) is 21.1 Å². The van der Waals surface area contributed by atoms with Crippen molar-refractivity contribution in [2.75, 3.05) is 11.6 Å². The Morgan fingerprint density at radius 3 is 2.58 bits per heavy atom. The van der Waals surface area contributed by atoms with E-state index >= 15 is 0 Å². The van der Waals surface area contributed by atoms with E-state index in [1.165, 1.54) is 13.8 Å². The predicted octanol–water partition coefficient (Wildman–Crippen LogP) is 1.04. The molecule has 104 valence electrons. The van der Waals surface area contributed by atoms with Crippen LogP contribution in [0, 0.1) is 0 Å². The number of fused-ring (bicyclic) bond motifs is 1. The first-order valence-electron chi connectivity index (χ1n) is 5.93. The van der Waals surface area contributed by atoms with Gasteiger partial charge in [0.15, 0.2) is 9.84 Å². The fourth-order valence-electron chi connectivity index (χ4n) is 2.02. The van der Waals surface area contributed by atoms with Crippen LogP contribution in [0.5, 0.6) is 0 Å². The SMILES string of the molecule is CC(C)(C(O)c1ccc2c(c1)CC(=O)N2)S(C)(=O)=O. The highest BCUT2D eigenvalue weighted by atomic mass is 32.2. The van der Waals surface area contributed by atoms with E-state index in [4.69, 9.17) is 0 Å². The van der Waals surface area contributed by atoms with Crippen LogP contribution in [0.4, 0.5) is 5.69 Å². The Morgan fingerprint density at radius 2 is 2.00 bits per heavy atom. The second-order valence-electron chi connectivity index (χ2n) is 5.42. The Morgan fingerprint density at radius 1 is 1.37 bits per heavy atom. The lowest BCUT2D eigenvalue weighted by atomic mass is 9.96. The van der Waals surface area contributed by atoms with E-state index in [1.54, 1.807) is 18.2 Å². The third-order valence-corrected chi connectivity index (χ3v) is 5.82. The molecule has 1 atom stereocenters. The summed E-state index contributed by atoms with van der Waals surface area (Å²) in [5.41, 5.74) is 2.01. The van der Waals surface area contributed by atoms with Gasteiger partial charge in [-0.15, -0.1) is 0 Å². The Labute approximate surface area is 112 Å². The van der Waals surface area contributed by atoms with E-state index in [0.717, 1.165) is 17.5 Å². The van der Waals surface area contributed by atoms with Crippen molar-refractivity contribution in [3.8, 4) is 0 Å². The minimum atomic E-state index is -3.41. The van der Waals surface area contributed by atoms with Crippen molar-refractivity contribution >= 4 is 21.4 Å². The smallest absolute Gasteiger partial charge is 0.228 e. The molecule has 0 radical (unpaired) electrons. The largest absolute Gasteiger partial charge is 0.387 e. The van der Waals surface area contributed by atoms with Gasteiger partial charge in [0.1, 0.15) is 0 Å². The molecule has 1 aliphatic rings. The van der Waals surface area contributed by atoms with Gasteiger partial charge in [0.25, 0.3) is 0 Å². The Hall–Kier alpha value is -1.40. The van der Waals surface area contributed by atoms with Gasteiger partial charge in [0, 0.05) is 11.9 Å². The van der Waals surface area contributed by atoms with Crippen molar-refractivity contribution < 1.29 is 18.3 Å². The molecule has 0 saturated carbocycles. The van der Waals surface area contributed by atoms with Crippen LogP contribution in [0.15, 0.2) is 18.2 Å². The standard InChI is InChI=1S/C13H17NO4S/c1-13(2,19(3,17)18)12(16)8-4-5-10-9(6-8)7-11(15)14-10/h4-6,12,16H,7H2,1-3H3,(H,14,15). The minimum absolute atomic E-state index is 0.0935. The first-order valence-corrected chi connectivity index (χ1v) is 7.82. The molecule has 5 nitrogen and oxygen atoms in total. The zero-order chi connectivity index (χ0) is 14.4. The lowest BCUT2D eigenvalue weighted by Gasteiger charge is -2.29. The van der Waals surface area contributed by atoms with Crippen molar-refractivity contribution in [1.29, 1.82) is 0 Å². The first kappa shape index (κ1) is 14.0. The highest BCUT2D eigenvalue weighted by molar-refractivity contribution is 7.92. The molecule has 19 heavy (non-hydrogen) atoms. The van der Waals surface area contributed by atoms with Crippen LogP contribution in [0.2, 0.25) is 0 Å². The van der Waals surface area contributed by atoms with Crippen molar-refractivity contribution in [1.82, 2.24) is 0 Å². The third kappa shape index (κ3) is 2.37. The van der Waals surface area contributed by atoms with Crippen molar-refractivity contribution in [2.45, 2.75) is 31.1 Å². The molecule has 0 fully saturated rings. The lowest BCUT2D eigenvalue weighted by molar-refractivity contribution is -0.115. The summed E-state index contributed by atoms with van der Waals surface area (Å²) < 4.78 is 22.2. The van der Waals surface area contributed by atoms with Gasteiger partial charge >= 0.3 is 0 Å². The number of carbonyl (C=O) groups is 1. The van der Waals surface area contributed by atoms with Crippen LogP contribution >= 0.6 is 0 Å². The molecule has 2 N–H and O–H groups in total. The number of amides is 1. The molecule has 1 amide bonds. The molecule has 0 aromatic heterocycles. The molecule has 6 heteroatoms. The number of benzene rings is 1. The van der Waals surface area contributed by atoms with Gasteiger partial charge in [-0.1, -0.05) is 12.1 Å². The van der Waals surface area contributed by atoms with E-state index in [1.807, 2.05) is 0 Å². The van der Waals surface area contributed by atoms with Gasteiger partial charge < -0.3 is 10.4 Å². The lowest BCUT2D eigenvalue weighted by Crippen LogP contribution is -2.37. The van der Waals surface area contributed by atoms with E-state index < -0.39 is 20.7 Å². The molecule has 1 heterocycles. The summed E-state index contributed by atoms with van der Waals surface area (Å²) in [6.45, 7) is 2.98. The van der Waals surface area contributed by atoms with E-state index in [0.29, 0.717) is 5.56 Å². The molecule has 0 aliphatic carbocycles. The summed E-state index contributed by atoms with van der Waals surface area (Å²) in [6.07, 6.45) is 0.229. The number of nitrogens with one attached hydrogen (secondary N) is 1. The van der Waals surface area contributed by atoms with Gasteiger partial charge in [0.2, 0.25) is 5.91 Å². The molecule has 1 aromatic rings. The topological polar surface area (TPSA) is 83.5 Å². The number of rotatable bonds is 3. The second-order valence-corrected chi connectivity index (χ2v) is 8.02. The maximum absolute atomic E-state index is 11.7. The van der Waals surface area contributed by atoms with Gasteiger partial charge in [-0.25, -0.2) is 8.42 Å². The number of hydrogen-bond donors (Lipinski definition) is 2. The highest BCUT2D eigenvalue weighted by Gasteiger charge is 2.39. The average Bonchev–Trinajstić information content (AvgIpc) is 2.65. The third-order valence-electron chi connectivity index (χ3n) is 3.68. The molecule has 0 bridgehead atoms. The van der Waals surface area contributed by atoms with Crippen LogP contribution in [-0.4, -0.2) is 30.4 Å². The molecule has 2 rings (SSSR count). The first-order chi connectivity index (χ1) is 8.63. The monoisotopic (exact) mass is 283 g/mol. The Kier molecular flexibility index (Phi) is 3.18. The Balaban J connectivity index is 2.39. The molecule has 1 aliphatic heterocycles. The molecular formula is C13H17NO4S. The van der Waals surface area contributed by atoms with Crippen molar-refractivity contribution in [2.24, 2.45) is 0 Å². The van der Waals surface area contributed by atoms with E-state index in [9.17, 15) is 18.3 Å². The van der Waals surface area contributed by atoms with E-state index in [2.05, 4.69) is 5.32 Å². The van der Waals surface area contributed by atoms with Gasteiger partial charge in [-0.2, -0.15) is 0 Å². The maximum atomic E-state index is 11.7. The molecule has 0 spiro atoms. The maximum Gasteiger partial charge on any atom is 0.228 e. The normalized spacial score (nSPS) is 16.9. The van der Waals surface area contributed by atoms with Gasteiger partial charge in [0.05, 0.1) is 17.3 Å². The summed E-state index contributed by atoms with van der Waals surface area (Å²) in [5.74, 6) is -0.0935.